The lowest BCUT2D eigenvalue weighted by atomic mass is 10.0. The van der Waals surface area contributed by atoms with Crippen LogP contribution < -0.4 is 10.6 Å². The summed E-state index contributed by atoms with van der Waals surface area (Å²) in [5.41, 5.74) is 2.64. The van der Waals surface area contributed by atoms with Gasteiger partial charge in [0.05, 0.1) is 6.42 Å². The smallest absolute Gasteiger partial charge is 0.372 e. The minimum absolute atomic E-state index is 0.0132. The molecule has 0 radical (unpaired) electrons. The second kappa shape index (κ2) is 6.44. The van der Waals surface area contributed by atoms with Gasteiger partial charge in [0.2, 0.25) is 5.91 Å². The van der Waals surface area contributed by atoms with E-state index in [0.717, 1.165) is 16.8 Å². The maximum absolute atomic E-state index is 12.0. The Labute approximate surface area is 120 Å². The molecule has 2 rings (SSSR count). The summed E-state index contributed by atoms with van der Waals surface area (Å²) in [5, 5.41) is 5.79. The van der Waals surface area contributed by atoms with Crippen LogP contribution in [0.25, 0.3) is 0 Å². The van der Waals surface area contributed by atoms with Crippen LogP contribution in [0.3, 0.4) is 0 Å². The predicted octanol–water partition coefficient (Wildman–Crippen LogP) is 2.41. The van der Waals surface area contributed by atoms with Gasteiger partial charge in [0.1, 0.15) is 6.61 Å². The lowest BCUT2D eigenvalue weighted by molar-refractivity contribution is -0.174. The topological polar surface area (TPSA) is 50.4 Å². The Morgan fingerprint density at radius 3 is 2.86 bits per heavy atom. The van der Waals surface area contributed by atoms with E-state index in [0.29, 0.717) is 12.8 Å². The van der Waals surface area contributed by atoms with Crippen molar-refractivity contribution in [1.82, 2.24) is 5.32 Å². The van der Waals surface area contributed by atoms with Gasteiger partial charge in [-0.3, -0.25) is 4.79 Å². The summed E-state index contributed by atoms with van der Waals surface area (Å²) in [6.07, 6.45) is -3.54. The van der Waals surface area contributed by atoms with Crippen LogP contribution in [0, 0.1) is 0 Å². The molecule has 4 nitrogen and oxygen atoms in total. The summed E-state index contributed by atoms with van der Waals surface area (Å²) in [7, 11) is 1.74. The minimum atomic E-state index is -4.30. The number of halogens is 3. The largest absolute Gasteiger partial charge is 0.411 e. The fraction of sp³-hybridized carbons (Fsp3) is 0.500. The van der Waals surface area contributed by atoms with Gasteiger partial charge in [-0.2, -0.15) is 13.2 Å². The van der Waals surface area contributed by atoms with Crippen molar-refractivity contribution < 1.29 is 22.7 Å². The van der Waals surface area contributed by atoms with E-state index in [1.807, 2.05) is 18.2 Å². The van der Waals surface area contributed by atoms with E-state index < -0.39 is 12.8 Å². The van der Waals surface area contributed by atoms with E-state index >= 15 is 0 Å². The third-order valence-corrected chi connectivity index (χ3v) is 3.32. The number of amides is 1. The molecule has 0 fully saturated rings. The van der Waals surface area contributed by atoms with E-state index in [1.54, 1.807) is 7.05 Å². The number of benzene rings is 1. The molecule has 1 amide bonds. The van der Waals surface area contributed by atoms with E-state index in [-0.39, 0.29) is 18.6 Å². The molecular weight excluding hydrogens is 285 g/mol. The molecule has 0 aromatic heterocycles. The summed E-state index contributed by atoms with van der Waals surface area (Å²) in [6.45, 7) is -1.22. The van der Waals surface area contributed by atoms with Gasteiger partial charge in [0, 0.05) is 18.3 Å². The van der Waals surface area contributed by atoms with Crippen molar-refractivity contribution in [2.45, 2.75) is 25.1 Å². The zero-order valence-electron chi connectivity index (χ0n) is 11.6. The SMILES string of the molecule is CNC(CCOCC(F)(F)F)c1ccc2c(c1)CC(=O)N2. The third kappa shape index (κ3) is 4.44. The van der Waals surface area contributed by atoms with Gasteiger partial charge in [-0.15, -0.1) is 0 Å². The van der Waals surface area contributed by atoms with Gasteiger partial charge >= 0.3 is 6.18 Å². The second-order valence-corrected chi connectivity index (χ2v) is 4.94. The number of ether oxygens (including phenoxy) is 1. The van der Waals surface area contributed by atoms with Crippen molar-refractivity contribution in [1.29, 1.82) is 0 Å². The highest BCUT2D eigenvalue weighted by molar-refractivity contribution is 5.99. The maximum atomic E-state index is 12.0. The molecule has 1 unspecified atom stereocenters. The fourth-order valence-electron chi connectivity index (χ4n) is 2.33. The number of hydrogen-bond donors (Lipinski definition) is 2. The number of carbonyl (C=O) groups excluding carboxylic acids is 1. The highest BCUT2D eigenvalue weighted by atomic mass is 19.4. The van der Waals surface area contributed by atoms with Gasteiger partial charge in [0.15, 0.2) is 0 Å². The Balaban J connectivity index is 1.92. The Morgan fingerprint density at radius 2 is 2.19 bits per heavy atom. The molecule has 0 aliphatic carbocycles. The monoisotopic (exact) mass is 302 g/mol. The summed E-state index contributed by atoms with van der Waals surface area (Å²) in [4.78, 5) is 11.3. The molecule has 2 N–H and O–H groups in total. The van der Waals surface area contributed by atoms with Gasteiger partial charge < -0.3 is 15.4 Å². The fourth-order valence-corrected chi connectivity index (χ4v) is 2.33. The van der Waals surface area contributed by atoms with E-state index in [1.165, 1.54) is 0 Å². The highest BCUT2D eigenvalue weighted by Crippen LogP contribution is 2.27. The molecule has 1 atom stereocenters. The first kappa shape index (κ1) is 15.8. The molecule has 0 bridgehead atoms. The van der Waals surface area contributed by atoms with Gasteiger partial charge in [0.25, 0.3) is 0 Å². The number of anilines is 1. The van der Waals surface area contributed by atoms with Crippen LogP contribution in [-0.4, -0.2) is 32.3 Å². The number of carbonyl (C=O) groups is 1. The Kier molecular flexibility index (Phi) is 4.84. The van der Waals surface area contributed by atoms with Crippen molar-refractivity contribution in [3.05, 3.63) is 29.3 Å². The molecule has 1 heterocycles. The first-order valence-electron chi connectivity index (χ1n) is 6.63. The molecular formula is C14H17F3N2O2. The van der Waals surface area contributed by atoms with Gasteiger partial charge in [-0.05, 0) is 30.7 Å². The molecule has 21 heavy (non-hydrogen) atoms. The lowest BCUT2D eigenvalue weighted by Crippen LogP contribution is -2.21. The average Bonchev–Trinajstić information content (AvgIpc) is 2.76. The summed E-state index contributed by atoms with van der Waals surface area (Å²) < 4.78 is 40.6. The van der Waals surface area contributed by atoms with E-state index in [9.17, 15) is 18.0 Å². The number of fused-ring (bicyclic) bond motifs is 1. The van der Waals surface area contributed by atoms with Crippen molar-refractivity contribution in [3.63, 3.8) is 0 Å². The molecule has 1 aromatic rings. The third-order valence-electron chi connectivity index (χ3n) is 3.32. The zero-order chi connectivity index (χ0) is 15.5. The Morgan fingerprint density at radius 1 is 1.43 bits per heavy atom. The highest BCUT2D eigenvalue weighted by Gasteiger charge is 2.27. The number of alkyl halides is 3. The number of rotatable bonds is 6. The maximum Gasteiger partial charge on any atom is 0.411 e. The Bertz CT molecular complexity index is 517. The van der Waals surface area contributed by atoms with E-state index in [4.69, 9.17) is 0 Å². The molecule has 1 aromatic carbocycles. The van der Waals surface area contributed by atoms with Gasteiger partial charge in [-0.25, -0.2) is 0 Å². The molecule has 0 spiro atoms. The first-order chi connectivity index (χ1) is 9.89. The molecule has 1 aliphatic heterocycles. The zero-order valence-corrected chi connectivity index (χ0v) is 11.6. The molecule has 116 valence electrons. The molecule has 0 saturated carbocycles. The van der Waals surface area contributed by atoms with Crippen LogP contribution in [0.2, 0.25) is 0 Å². The van der Waals surface area contributed by atoms with Gasteiger partial charge in [-0.1, -0.05) is 12.1 Å². The van der Waals surface area contributed by atoms with Crippen molar-refractivity contribution >= 4 is 11.6 Å². The average molecular weight is 302 g/mol. The first-order valence-corrected chi connectivity index (χ1v) is 6.63. The van der Waals surface area contributed by atoms with Crippen LogP contribution in [0.1, 0.15) is 23.6 Å². The van der Waals surface area contributed by atoms with Crippen LogP contribution in [-0.2, 0) is 16.0 Å². The molecule has 0 saturated heterocycles. The number of hydrogen-bond acceptors (Lipinski definition) is 3. The molecule has 1 aliphatic rings. The van der Waals surface area contributed by atoms with Crippen molar-refractivity contribution in [2.75, 3.05) is 25.6 Å². The van der Waals surface area contributed by atoms with Crippen LogP contribution in [0.5, 0.6) is 0 Å². The number of nitrogens with one attached hydrogen (secondary N) is 2. The lowest BCUT2D eigenvalue weighted by Gasteiger charge is -2.18. The van der Waals surface area contributed by atoms with Crippen molar-refractivity contribution in [2.24, 2.45) is 0 Å². The quantitative estimate of drug-likeness (QED) is 0.793. The van der Waals surface area contributed by atoms with E-state index in [2.05, 4.69) is 15.4 Å². The summed E-state index contributed by atoms with van der Waals surface area (Å²) >= 11 is 0. The van der Waals surface area contributed by atoms with Crippen LogP contribution >= 0.6 is 0 Å². The predicted molar refractivity (Wildman–Crippen MR) is 72.1 cm³/mol. The summed E-state index contributed by atoms with van der Waals surface area (Å²) in [6, 6.07) is 5.46. The second-order valence-electron chi connectivity index (χ2n) is 4.94. The molecule has 7 heteroatoms. The normalized spacial score (nSPS) is 15.7. The summed E-state index contributed by atoms with van der Waals surface area (Å²) in [5.74, 6) is -0.0448. The van der Waals surface area contributed by atoms with Crippen LogP contribution in [0.15, 0.2) is 18.2 Å². The van der Waals surface area contributed by atoms with Crippen molar-refractivity contribution in [3.8, 4) is 0 Å². The van der Waals surface area contributed by atoms with Crippen LogP contribution in [0.4, 0.5) is 18.9 Å². The minimum Gasteiger partial charge on any atom is -0.372 e. The standard InChI is InChI=1S/C14H17F3N2O2/c1-18-11(4-5-21-8-14(15,16)17)9-2-3-12-10(6-9)7-13(20)19-12/h2-3,6,11,18H,4-5,7-8H2,1H3,(H,19,20). The Hall–Kier alpha value is -1.60.